The molecule has 0 saturated carbocycles. The third kappa shape index (κ3) is 3.75. The van der Waals surface area contributed by atoms with Crippen molar-refractivity contribution in [2.45, 2.75) is 26.3 Å². The highest BCUT2D eigenvalue weighted by molar-refractivity contribution is 5.88. The highest BCUT2D eigenvalue weighted by Gasteiger charge is 2.09. The molecule has 0 radical (unpaired) electrons. The summed E-state index contributed by atoms with van der Waals surface area (Å²) >= 11 is 0. The largest absolute Gasteiger partial charge is 0.467 e. The second-order valence-electron chi connectivity index (χ2n) is 3.32. The molecule has 1 N–H and O–H groups in total. The number of unbranched alkanes of at least 4 members (excludes halogenated alkanes) is 1. The number of carbonyl (C=O) groups excluding carboxylic acids is 1. The van der Waals surface area contributed by atoms with Crippen LogP contribution in [0.5, 0.6) is 0 Å². The lowest BCUT2D eigenvalue weighted by atomic mass is 10.3. The zero-order valence-electron chi connectivity index (χ0n) is 9.21. The molecule has 0 spiro atoms. The van der Waals surface area contributed by atoms with Crippen molar-refractivity contribution in [2.75, 3.05) is 13.7 Å². The minimum absolute atomic E-state index is 0.362. The van der Waals surface area contributed by atoms with E-state index in [9.17, 15) is 4.79 Å². The quantitative estimate of drug-likeness (QED) is 0.577. The van der Waals surface area contributed by atoms with E-state index < -0.39 is 0 Å². The molecule has 84 valence electrons. The Kier molecular flexibility index (Phi) is 4.90. The monoisotopic (exact) mass is 211 g/mol. The standard InChI is InChI=1S/C11H17NO3/c1-3-4-5-12-7-10-6-9(8-15-10)11(13)14-2/h6,8,12H,3-5,7H2,1-2H3. The van der Waals surface area contributed by atoms with E-state index >= 15 is 0 Å². The van der Waals surface area contributed by atoms with E-state index in [0.29, 0.717) is 12.1 Å². The molecule has 1 rings (SSSR count). The molecule has 0 aliphatic heterocycles. The van der Waals surface area contributed by atoms with Crippen molar-refractivity contribution in [3.63, 3.8) is 0 Å². The minimum Gasteiger partial charge on any atom is -0.467 e. The van der Waals surface area contributed by atoms with E-state index in [4.69, 9.17) is 4.42 Å². The molecule has 0 aromatic carbocycles. The minimum atomic E-state index is -0.362. The molecule has 0 aliphatic rings. The molecule has 4 heteroatoms. The van der Waals surface area contributed by atoms with Gasteiger partial charge >= 0.3 is 5.97 Å². The van der Waals surface area contributed by atoms with Crippen LogP contribution >= 0.6 is 0 Å². The Labute approximate surface area is 89.6 Å². The molecule has 0 fully saturated rings. The molecule has 1 aromatic heterocycles. The fraction of sp³-hybridized carbons (Fsp3) is 0.545. The van der Waals surface area contributed by atoms with Crippen LogP contribution in [0.2, 0.25) is 0 Å². The van der Waals surface area contributed by atoms with Gasteiger partial charge in [-0.05, 0) is 19.0 Å². The van der Waals surface area contributed by atoms with Gasteiger partial charge < -0.3 is 14.5 Å². The van der Waals surface area contributed by atoms with Crippen LogP contribution in [0.1, 0.15) is 35.9 Å². The Morgan fingerprint density at radius 1 is 1.60 bits per heavy atom. The summed E-state index contributed by atoms with van der Waals surface area (Å²) in [6.07, 6.45) is 3.73. The Balaban J connectivity index is 2.36. The van der Waals surface area contributed by atoms with Gasteiger partial charge in [0.25, 0.3) is 0 Å². The number of ether oxygens (including phenoxy) is 1. The summed E-state index contributed by atoms with van der Waals surface area (Å²) in [6, 6.07) is 1.70. The third-order valence-electron chi connectivity index (χ3n) is 2.08. The second kappa shape index (κ2) is 6.24. The van der Waals surface area contributed by atoms with Crippen molar-refractivity contribution in [2.24, 2.45) is 0 Å². The molecule has 0 amide bonds. The highest BCUT2D eigenvalue weighted by Crippen LogP contribution is 2.08. The van der Waals surface area contributed by atoms with Crippen LogP contribution in [-0.2, 0) is 11.3 Å². The maximum Gasteiger partial charge on any atom is 0.341 e. The number of rotatable bonds is 6. The van der Waals surface area contributed by atoms with Crippen LogP contribution < -0.4 is 5.32 Å². The zero-order chi connectivity index (χ0) is 11.1. The first-order chi connectivity index (χ1) is 7.27. The predicted molar refractivity (Wildman–Crippen MR) is 56.7 cm³/mol. The molecule has 4 nitrogen and oxygen atoms in total. The van der Waals surface area contributed by atoms with E-state index in [1.54, 1.807) is 6.07 Å². The lowest BCUT2D eigenvalue weighted by Crippen LogP contribution is -2.13. The van der Waals surface area contributed by atoms with E-state index in [2.05, 4.69) is 17.0 Å². The number of methoxy groups -OCH3 is 1. The molecule has 15 heavy (non-hydrogen) atoms. The summed E-state index contributed by atoms with van der Waals surface area (Å²) in [5.41, 5.74) is 0.463. The Hall–Kier alpha value is -1.29. The van der Waals surface area contributed by atoms with Crippen molar-refractivity contribution in [1.82, 2.24) is 5.32 Å². The van der Waals surface area contributed by atoms with Gasteiger partial charge in [0, 0.05) is 0 Å². The van der Waals surface area contributed by atoms with Crippen LogP contribution in [0.4, 0.5) is 0 Å². The van der Waals surface area contributed by atoms with E-state index in [1.165, 1.54) is 19.8 Å². The summed E-state index contributed by atoms with van der Waals surface area (Å²) in [6.45, 7) is 3.76. The number of nitrogens with one attached hydrogen (secondary N) is 1. The van der Waals surface area contributed by atoms with Gasteiger partial charge in [-0.15, -0.1) is 0 Å². The van der Waals surface area contributed by atoms with Crippen LogP contribution in [0.25, 0.3) is 0 Å². The maximum atomic E-state index is 11.1. The van der Waals surface area contributed by atoms with Gasteiger partial charge in [-0.2, -0.15) is 0 Å². The zero-order valence-corrected chi connectivity index (χ0v) is 9.21. The van der Waals surface area contributed by atoms with Gasteiger partial charge in [0.2, 0.25) is 0 Å². The van der Waals surface area contributed by atoms with Crippen molar-refractivity contribution in [3.05, 3.63) is 23.7 Å². The molecule has 0 aliphatic carbocycles. The average Bonchev–Trinajstić information content (AvgIpc) is 2.72. The lowest BCUT2D eigenvalue weighted by molar-refractivity contribution is 0.0600. The van der Waals surface area contributed by atoms with Gasteiger partial charge in [0.05, 0.1) is 19.2 Å². The molecular weight excluding hydrogens is 194 g/mol. The van der Waals surface area contributed by atoms with E-state index in [-0.39, 0.29) is 5.97 Å². The average molecular weight is 211 g/mol. The fourth-order valence-corrected chi connectivity index (χ4v) is 1.21. The number of hydrogen-bond acceptors (Lipinski definition) is 4. The van der Waals surface area contributed by atoms with Crippen molar-refractivity contribution in [1.29, 1.82) is 0 Å². The summed E-state index contributed by atoms with van der Waals surface area (Å²) in [5, 5.41) is 3.23. The topological polar surface area (TPSA) is 51.5 Å². The normalized spacial score (nSPS) is 10.3. The number of esters is 1. The van der Waals surface area contributed by atoms with Gasteiger partial charge in [0.15, 0.2) is 0 Å². The van der Waals surface area contributed by atoms with Crippen LogP contribution in [0.3, 0.4) is 0 Å². The lowest BCUT2D eigenvalue weighted by Gasteiger charge is -1.99. The van der Waals surface area contributed by atoms with Crippen molar-refractivity contribution < 1.29 is 13.9 Å². The van der Waals surface area contributed by atoms with Gasteiger partial charge in [-0.3, -0.25) is 0 Å². The number of furan rings is 1. The molecular formula is C11H17NO3. The van der Waals surface area contributed by atoms with Gasteiger partial charge in [-0.25, -0.2) is 4.79 Å². The second-order valence-corrected chi connectivity index (χ2v) is 3.32. The number of hydrogen-bond donors (Lipinski definition) is 1. The summed E-state index contributed by atoms with van der Waals surface area (Å²) in [5.74, 6) is 0.394. The number of carbonyl (C=O) groups is 1. The Bertz CT molecular complexity index is 307. The molecule has 0 unspecified atom stereocenters. The van der Waals surface area contributed by atoms with Crippen LogP contribution in [-0.4, -0.2) is 19.6 Å². The van der Waals surface area contributed by atoms with E-state index in [0.717, 1.165) is 18.7 Å². The molecule has 0 atom stereocenters. The fourth-order valence-electron chi connectivity index (χ4n) is 1.21. The van der Waals surface area contributed by atoms with Crippen molar-refractivity contribution in [3.8, 4) is 0 Å². The third-order valence-corrected chi connectivity index (χ3v) is 2.08. The SMILES string of the molecule is CCCCNCc1cc(C(=O)OC)co1. The van der Waals surface area contributed by atoms with Gasteiger partial charge in [0.1, 0.15) is 12.0 Å². The molecule has 0 bridgehead atoms. The molecule has 1 aromatic rings. The first kappa shape index (κ1) is 11.8. The molecule has 1 heterocycles. The summed E-state index contributed by atoms with van der Waals surface area (Å²) in [4.78, 5) is 11.1. The summed E-state index contributed by atoms with van der Waals surface area (Å²) < 4.78 is 9.78. The first-order valence-corrected chi connectivity index (χ1v) is 5.14. The Morgan fingerprint density at radius 2 is 2.40 bits per heavy atom. The van der Waals surface area contributed by atoms with Gasteiger partial charge in [-0.1, -0.05) is 13.3 Å². The first-order valence-electron chi connectivity index (χ1n) is 5.14. The van der Waals surface area contributed by atoms with E-state index in [1.807, 2.05) is 0 Å². The predicted octanol–water partition coefficient (Wildman–Crippen LogP) is 1.96. The van der Waals surface area contributed by atoms with Crippen LogP contribution in [0.15, 0.2) is 16.7 Å². The maximum absolute atomic E-state index is 11.1. The summed E-state index contributed by atoms with van der Waals surface area (Å²) in [7, 11) is 1.36. The Morgan fingerprint density at radius 3 is 3.07 bits per heavy atom. The highest BCUT2D eigenvalue weighted by atomic mass is 16.5. The van der Waals surface area contributed by atoms with Crippen molar-refractivity contribution >= 4 is 5.97 Å². The molecule has 0 saturated heterocycles. The smallest absolute Gasteiger partial charge is 0.341 e. The van der Waals surface area contributed by atoms with Crippen LogP contribution in [0, 0.1) is 0 Å².